The lowest BCUT2D eigenvalue weighted by Gasteiger charge is -2.02. The van der Waals surface area contributed by atoms with E-state index in [4.69, 9.17) is 5.73 Å². The maximum Gasteiger partial charge on any atom is 0.249 e. The van der Waals surface area contributed by atoms with Crippen LogP contribution in [-0.2, 0) is 26.6 Å². The largest absolute Gasteiger partial charge is 0.366 e. The van der Waals surface area contributed by atoms with Crippen LogP contribution >= 0.6 is 11.3 Å². The zero-order valence-electron chi connectivity index (χ0n) is 11.1. The average molecular weight is 278 g/mol. The second-order valence-corrected chi connectivity index (χ2v) is 5.39. The number of amides is 1. The highest BCUT2D eigenvalue weighted by Gasteiger charge is 2.07. The van der Waals surface area contributed by atoms with Gasteiger partial charge in [-0.05, 0) is 12.5 Å². The number of carbonyl (C=O) groups is 1. The summed E-state index contributed by atoms with van der Waals surface area (Å²) in [6, 6.07) is 1.84. The fraction of sp³-hybridized carbons (Fsp3) is 0.385. The topological polar surface area (TPSA) is 72.9 Å². The highest BCUT2D eigenvalue weighted by molar-refractivity contribution is 7.10. The molecule has 2 aromatic rings. The van der Waals surface area contributed by atoms with Crippen LogP contribution in [0.25, 0.3) is 0 Å². The third kappa shape index (κ3) is 3.42. The zero-order valence-corrected chi connectivity index (χ0v) is 12.0. The van der Waals surface area contributed by atoms with Crippen LogP contribution in [0.2, 0.25) is 0 Å². The summed E-state index contributed by atoms with van der Waals surface area (Å²) in [5.41, 5.74) is 8.15. The molecule has 5 nitrogen and oxygen atoms in total. The van der Waals surface area contributed by atoms with E-state index in [1.807, 2.05) is 24.0 Å². The molecular formula is C13H18N4OS. The van der Waals surface area contributed by atoms with E-state index in [-0.39, 0.29) is 5.91 Å². The summed E-state index contributed by atoms with van der Waals surface area (Å²) in [5.74, 6) is -0.372. The van der Waals surface area contributed by atoms with Crippen LogP contribution in [0.4, 0.5) is 0 Å². The van der Waals surface area contributed by atoms with Gasteiger partial charge in [0.05, 0.1) is 11.3 Å². The van der Waals surface area contributed by atoms with Crippen LogP contribution in [0.3, 0.4) is 0 Å². The van der Waals surface area contributed by atoms with Crippen molar-refractivity contribution in [3.63, 3.8) is 0 Å². The summed E-state index contributed by atoms with van der Waals surface area (Å²) in [6.07, 6.45) is 2.97. The number of hydrogen-bond acceptors (Lipinski definition) is 4. The summed E-state index contributed by atoms with van der Waals surface area (Å²) in [5, 5.41) is 9.56. The van der Waals surface area contributed by atoms with Gasteiger partial charge in [-0.1, -0.05) is 6.92 Å². The van der Waals surface area contributed by atoms with Crippen molar-refractivity contribution in [3.8, 4) is 0 Å². The van der Waals surface area contributed by atoms with Gasteiger partial charge < -0.3 is 11.1 Å². The van der Waals surface area contributed by atoms with Gasteiger partial charge in [0.15, 0.2) is 0 Å². The smallest absolute Gasteiger partial charge is 0.249 e. The van der Waals surface area contributed by atoms with Crippen molar-refractivity contribution >= 4 is 17.2 Å². The zero-order chi connectivity index (χ0) is 13.8. The molecule has 19 heavy (non-hydrogen) atoms. The van der Waals surface area contributed by atoms with Crippen molar-refractivity contribution in [2.24, 2.45) is 12.8 Å². The molecule has 2 heterocycles. The molecule has 0 aromatic carbocycles. The number of hydrogen-bond donors (Lipinski definition) is 2. The van der Waals surface area contributed by atoms with Gasteiger partial charge in [0, 0.05) is 42.2 Å². The Hall–Kier alpha value is -1.66. The number of rotatable bonds is 6. The van der Waals surface area contributed by atoms with E-state index in [1.165, 1.54) is 5.56 Å². The van der Waals surface area contributed by atoms with Crippen LogP contribution in [-0.4, -0.2) is 15.7 Å². The van der Waals surface area contributed by atoms with E-state index in [0.29, 0.717) is 5.56 Å². The maximum atomic E-state index is 11.0. The van der Waals surface area contributed by atoms with Gasteiger partial charge in [0.1, 0.15) is 0 Å². The molecule has 0 spiro atoms. The molecule has 0 aliphatic carbocycles. The Balaban J connectivity index is 1.90. The van der Waals surface area contributed by atoms with E-state index in [9.17, 15) is 4.79 Å². The van der Waals surface area contributed by atoms with Crippen molar-refractivity contribution in [1.82, 2.24) is 15.1 Å². The Morgan fingerprint density at radius 3 is 2.95 bits per heavy atom. The highest BCUT2D eigenvalue weighted by atomic mass is 32.1. The SMILES string of the molecule is CCc1nn(C)cc1CNCc1cc(C(N)=O)cs1. The molecule has 0 aliphatic heterocycles. The summed E-state index contributed by atoms with van der Waals surface area (Å²) in [6.45, 7) is 3.61. The first-order chi connectivity index (χ1) is 9.10. The molecule has 0 bridgehead atoms. The number of nitrogens with two attached hydrogens (primary N) is 1. The molecule has 6 heteroatoms. The van der Waals surface area contributed by atoms with E-state index >= 15 is 0 Å². The fourth-order valence-corrected chi connectivity index (χ4v) is 2.79. The lowest BCUT2D eigenvalue weighted by molar-refractivity contribution is 0.100. The number of nitrogens with zero attached hydrogens (tertiary/aromatic N) is 2. The number of primary amides is 1. The summed E-state index contributed by atoms with van der Waals surface area (Å²) in [4.78, 5) is 12.1. The normalized spacial score (nSPS) is 10.8. The van der Waals surface area contributed by atoms with Gasteiger partial charge in [-0.15, -0.1) is 11.3 Å². The lowest BCUT2D eigenvalue weighted by Crippen LogP contribution is -2.13. The minimum Gasteiger partial charge on any atom is -0.366 e. The van der Waals surface area contributed by atoms with E-state index in [0.717, 1.165) is 30.1 Å². The van der Waals surface area contributed by atoms with Crippen molar-refractivity contribution in [2.75, 3.05) is 0 Å². The standard InChI is InChI=1S/C13H18N4OS/c1-3-12-10(7-17(2)16-12)5-15-6-11-4-9(8-19-11)13(14)18/h4,7-8,15H,3,5-6H2,1-2H3,(H2,14,18). The number of nitrogens with one attached hydrogen (secondary N) is 1. The molecule has 2 rings (SSSR count). The molecular weight excluding hydrogens is 260 g/mol. The van der Waals surface area contributed by atoms with Gasteiger partial charge in [-0.2, -0.15) is 5.10 Å². The first kappa shape index (κ1) is 13.8. The van der Waals surface area contributed by atoms with Crippen LogP contribution < -0.4 is 11.1 Å². The summed E-state index contributed by atoms with van der Waals surface area (Å²) >= 11 is 1.54. The van der Waals surface area contributed by atoms with E-state index < -0.39 is 0 Å². The molecule has 3 N–H and O–H groups in total. The monoisotopic (exact) mass is 278 g/mol. The number of aromatic nitrogens is 2. The second kappa shape index (κ2) is 5.99. The van der Waals surface area contributed by atoms with Crippen LogP contribution in [0, 0.1) is 0 Å². The van der Waals surface area contributed by atoms with Crippen molar-refractivity contribution in [2.45, 2.75) is 26.4 Å². The number of thiophene rings is 1. The molecule has 2 aromatic heterocycles. The van der Waals surface area contributed by atoms with Crippen molar-refractivity contribution in [1.29, 1.82) is 0 Å². The summed E-state index contributed by atoms with van der Waals surface area (Å²) < 4.78 is 1.84. The molecule has 1 amide bonds. The Morgan fingerprint density at radius 2 is 2.32 bits per heavy atom. The molecule has 0 aliphatic rings. The molecule has 0 saturated carbocycles. The van der Waals surface area contributed by atoms with Gasteiger partial charge in [0.25, 0.3) is 0 Å². The van der Waals surface area contributed by atoms with E-state index in [1.54, 1.807) is 16.7 Å². The predicted octanol–water partition coefficient (Wildman–Crippen LogP) is 1.43. The van der Waals surface area contributed by atoms with Crippen LogP contribution in [0.1, 0.15) is 33.4 Å². The number of carbonyl (C=O) groups excluding carboxylic acids is 1. The Labute approximate surface area is 116 Å². The first-order valence-electron chi connectivity index (χ1n) is 6.19. The molecule has 0 fully saturated rings. The third-order valence-electron chi connectivity index (χ3n) is 2.88. The first-order valence-corrected chi connectivity index (χ1v) is 7.07. The van der Waals surface area contributed by atoms with Crippen molar-refractivity contribution in [3.05, 3.63) is 39.3 Å². The summed E-state index contributed by atoms with van der Waals surface area (Å²) in [7, 11) is 1.93. The van der Waals surface area contributed by atoms with E-state index in [2.05, 4.69) is 17.3 Å². The Bertz CT molecular complexity index is 573. The molecule has 0 unspecified atom stereocenters. The quantitative estimate of drug-likeness (QED) is 0.839. The van der Waals surface area contributed by atoms with Gasteiger partial charge in [-0.3, -0.25) is 9.48 Å². The van der Waals surface area contributed by atoms with Gasteiger partial charge in [-0.25, -0.2) is 0 Å². The van der Waals surface area contributed by atoms with Gasteiger partial charge in [0.2, 0.25) is 5.91 Å². The molecule has 0 saturated heterocycles. The molecule has 0 atom stereocenters. The lowest BCUT2D eigenvalue weighted by atomic mass is 10.2. The Morgan fingerprint density at radius 1 is 1.53 bits per heavy atom. The fourth-order valence-electron chi connectivity index (χ4n) is 1.95. The molecule has 102 valence electrons. The van der Waals surface area contributed by atoms with Crippen LogP contribution in [0.15, 0.2) is 17.6 Å². The number of aryl methyl sites for hydroxylation is 2. The minimum absolute atomic E-state index is 0.372. The Kier molecular flexibility index (Phi) is 4.34. The highest BCUT2D eigenvalue weighted by Crippen LogP contribution is 2.14. The van der Waals surface area contributed by atoms with Crippen LogP contribution in [0.5, 0.6) is 0 Å². The molecule has 0 radical (unpaired) electrons. The van der Waals surface area contributed by atoms with Crippen molar-refractivity contribution < 1.29 is 4.79 Å². The predicted molar refractivity (Wildman–Crippen MR) is 76.0 cm³/mol. The van der Waals surface area contributed by atoms with Gasteiger partial charge >= 0.3 is 0 Å². The minimum atomic E-state index is -0.372. The second-order valence-electron chi connectivity index (χ2n) is 4.40. The maximum absolute atomic E-state index is 11.0. The third-order valence-corrected chi connectivity index (χ3v) is 3.82. The average Bonchev–Trinajstić information content (AvgIpc) is 2.96.